The Hall–Kier alpha value is -2.51. The minimum Gasteiger partial charge on any atom is -0.449 e. The highest BCUT2D eigenvalue weighted by Crippen LogP contribution is 2.22. The standard InChI is InChI=1S/C16H18F3NO4/c1-10(2)20-15(22)11(3)23-14(21)9-6-12-4-7-13(8-5-12)24-16(17,18)19/h4-11H,1-3H3,(H,20,22)/b9-6+/t11-/m0/s1. The zero-order valence-electron chi connectivity index (χ0n) is 13.4. The number of esters is 1. The molecule has 0 aliphatic carbocycles. The molecule has 0 aliphatic heterocycles. The van der Waals surface area contributed by atoms with Gasteiger partial charge in [-0.1, -0.05) is 12.1 Å². The Morgan fingerprint density at radius 3 is 2.21 bits per heavy atom. The second-order valence-corrected chi connectivity index (χ2v) is 5.19. The second kappa shape index (κ2) is 8.37. The van der Waals surface area contributed by atoms with Crippen molar-refractivity contribution in [2.24, 2.45) is 0 Å². The van der Waals surface area contributed by atoms with E-state index in [0.717, 1.165) is 18.2 Å². The smallest absolute Gasteiger partial charge is 0.449 e. The number of carbonyl (C=O) groups is 2. The first-order chi connectivity index (χ1) is 11.1. The number of carbonyl (C=O) groups excluding carboxylic acids is 2. The van der Waals surface area contributed by atoms with Gasteiger partial charge >= 0.3 is 12.3 Å². The second-order valence-electron chi connectivity index (χ2n) is 5.19. The lowest BCUT2D eigenvalue weighted by atomic mass is 10.2. The molecule has 24 heavy (non-hydrogen) atoms. The normalized spacial score (nSPS) is 13.0. The van der Waals surface area contributed by atoms with Gasteiger partial charge in [-0.05, 0) is 44.5 Å². The van der Waals surface area contributed by atoms with Gasteiger partial charge in [-0.2, -0.15) is 0 Å². The molecule has 1 amide bonds. The lowest BCUT2D eigenvalue weighted by Gasteiger charge is -2.14. The molecule has 0 spiro atoms. The van der Waals surface area contributed by atoms with E-state index in [2.05, 4.69) is 10.1 Å². The monoisotopic (exact) mass is 345 g/mol. The van der Waals surface area contributed by atoms with Crippen LogP contribution in [-0.4, -0.2) is 30.4 Å². The molecule has 1 rings (SSSR count). The Morgan fingerprint density at radius 1 is 1.12 bits per heavy atom. The summed E-state index contributed by atoms with van der Waals surface area (Å²) in [5, 5.41) is 2.60. The first-order valence-electron chi connectivity index (χ1n) is 7.11. The predicted molar refractivity (Wildman–Crippen MR) is 81.0 cm³/mol. The zero-order valence-corrected chi connectivity index (χ0v) is 13.4. The highest BCUT2D eigenvalue weighted by Gasteiger charge is 2.30. The van der Waals surface area contributed by atoms with Crippen LogP contribution < -0.4 is 10.1 Å². The molecule has 1 N–H and O–H groups in total. The lowest BCUT2D eigenvalue weighted by Crippen LogP contribution is -2.39. The van der Waals surface area contributed by atoms with Gasteiger partial charge in [0.15, 0.2) is 6.10 Å². The number of hydrogen-bond acceptors (Lipinski definition) is 4. The number of benzene rings is 1. The molecule has 132 valence electrons. The van der Waals surface area contributed by atoms with E-state index in [-0.39, 0.29) is 11.8 Å². The van der Waals surface area contributed by atoms with E-state index >= 15 is 0 Å². The number of nitrogens with one attached hydrogen (secondary N) is 1. The van der Waals surface area contributed by atoms with Crippen molar-refractivity contribution in [3.8, 4) is 5.75 Å². The van der Waals surface area contributed by atoms with Crippen molar-refractivity contribution in [1.29, 1.82) is 0 Å². The summed E-state index contributed by atoms with van der Waals surface area (Å²) in [5.74, 6) is -1.52. The first kappa shape index (κ1) is 19.5. The Kier molecular flexibility index (Phi) is 6.82. The van der Waals surface area contributed by atoms with Gasteiger partial charge in [-0.15, -0.1) is 13.2 Å². The summed E-state index contributed by atoms with van der Waals surface area (Å²) in [6.07, 6.45) is -3.27. The minimum absolute atomic E-state index is 0.0772. The number of halogens is 3. The van der Waals surface area contributed by atoms with Crippen molar-refractivity contribution in [3.63, 3.8) is 0 Å². The highest BCUT2D eigenvalue weighted by atomic mass is 19.4. The van der Waals surface area contributed by atoms with Crippen molar-refractivity contribution in [2.45, 2.75) is 39.3 Å². The van der Waals surface area contributed by atoms with Crippen LogP contribution in [0.15, 0.2) is 30.3 Å². The van der Waals surface area contributed by atoms with E-state index in [4.69, 9.17) is 4.74 Å². The topological polar surface area (TPSA) is 64.6 Å². The Balaban J connectivity index is 2.56. The van der Waals surface area contributed by atoms with E-state index in [1.54, 1.807) is 13.8 Å². The van der Waals surface area contributed by atoms with Crippen LogP contribution in [0.2, 0.25) is 0 Å². The third-order valence-corrected chi connectivity index (χ3v) is 2.62. The molecule has 0 radical (unpaired) electrons. The zero-order chi connectivity index (χ0) is 18.3. The van der Waals surface area contributed by atoms with E-state index in [0.29, 0.717) is 5.56 Å². The molecule has 0 heterocycles. The van der Waals surface area contributed by atoms with Crippen LogP contribution in [0.5, 0.6) is 5.75 Å². The van der Waals surface area contributed by atoms with Gasteiger partial charge in [0.2, 0.25) is 0 Å². The third-order valence-electron chi connectivity index (χ3n) is 2.62. The lowest BCUT2D eigenvalue weighted by molar-refractivity contribution is -0.274. The maximum absolute atomic E-state index is 12.0. The fourth-order valence-electron chi connectivity index (χ4n) is 1.61. The summed E-state index contributed by atoms with van der Waals surface area (Å²) in [7, 11) is 0. The van der Waals surface area contributed by atoms with Crippen LogP contribution in [-0.2, 0) is 14.3 Å². The molecule has 0 aliphatic rings. The SMILES string of the molecule is CC(C)NC(=O)[C@H](C)OC(=O)/C=C/c1ccc(OC(F)(F)F)cc1. The summed E-state index contributed by atoms with van der Waals surface area (Å²) < 4.78 is 44.7. The maximum Gasteiger partial charge on any atom is 0.573 e. The molecule has 0 unspecified atom stereocenters. The maximum atomic E-state index is 12.0. The van der Waals surface area contributed by atoms with Gasteiger partial charge < -0.3 is 14.8 Å². The quantitative estimate of drug-likeness (QED) is 0.636. The van der Waals surface area contributed by atoms with Crippen molar-refractivity contribution >= 4 is 18.0 Å². The van der Waals surface area contributed by atoms with Crippen molar-refractivity contribution in [2.75, 3.05) is 0 Å². The summed E-state index contributed by atoms with van der Waals surface area (Å²) in [6, 6.07) is 4.86. The summed E-state index contributed by atoms with van der Waals surface area (Å²) in [4.78, 5) is 23.2. The average Bonchev–Trinajstić information content (AvgIpc) is 2.44. The number of rotatable bonds is 6. The fourth-order valence-corrected chi connectivity index (χ4v) is 1.61. The molecule has 0 saturated carbocycles. The van der Waals surface area contributed by atoms with Crippen LogP contribution in [0, 0.1) is 0 Å². The first-order valence-corrected chi connectivity index (χ1v) is 7.11. The summed E-state index contributed by atoms with van der Waals surface area (Å²) in [5.41, 5.74) is 0.473. The van der Waals surface area contributed by atoms with E-state index in [1.807, 2.05) is 0 Å². The van der Waals surface area contributed by atoms with Crippen LogP contribution in [0.3, 0.4) is 0 Å². The Morgan fingerprint density at radius 2 is 1.71 bits per heavy atom. The molecular formula is C16H18F3NO4. The number of amides is 1. The van der Waals surface area contributed by atoms with Crippen molar-refractivity contribution in [1.82, 2.24) is 5.32 Å². The van der Waals surface area contributed by atoms with Crippen LogP contribution >= 0.6 is 0 Å². The molecule has 5 nitrogen and oxygen atoms in total. The Bertz CT molecular complexity index is 594. The van der Waals surface area contributed by atoms with Crippen molar-refractivity contribution < 1.29 is 32.2 Å². The summed E-state index contributed by atoms with van der Waals surface area (Å²) in [6.45, 7) is 4.99. The van der Waals surface area contributed by atoms with Crippen LogP contribution in [0.4, 0.5) is 13.2 Å². The van der Waals surface area contributed by atoms with Gasteiger partial charge in [-0.3, -0.25) is 4.79 Å². The third kappa shape index (κ3) is 7.66. The molecule has 0 fully saturated rings. The molecular weight excluding hydrogens is 327 g/mol. The van der Waals surface area contributed by atoms with Crippen molar-refractivity contribution in [3.05, 3.63) is 35.9 Å². The van der Waals surface area contributed by atoms with Crippen LogP contribution in [0.25, 0.3) is 6.08 Å². The van der Waals surface area contributed by atoms with Gasteiger partial charge in [0.25, 0.3) is 5.91 Å². The molecule has 0 aromatic heterocycles. The predicted octanol–water partition coefficient (Wildman–Crippen LogP) is 3.05. The fraction of sp³-hybridized carbons (Fsp3) is 0.375. The molecule has 0 saturated heterocycles. The number of alkyl halides is 3. The summed E-state index contributed by atoms with van der Waals surface area (Å²) >= 11 is 0. The van der Waals surface area contributed by atoms with Crippen LogP contribution in [0.1, 0.15) is 26.3 Å². The van der Waals surface area contributed by atoms with E-state index in [9.17, 15) is 22.8 Å². The average molecular weight is 345 g/mol. The molecule has 8 heteroatoms. The Labute approximate surface area is 137 Å². The molecule has 0 bridgehead atoms. The number of ether oxygens (including phenoxy) is 2. The molecule has 1 aromatic carbocycles. The molecule has 1 aromatic rings. The van der Waals surface area contributed by atoms with Gasteiger partial charge in [0.05, 0.1) is 0 Å². The minimum atomic E-state index is -4.76. The largest absolute Gasteiger partial charge is 0.573 e. The van der Waals surface area contributed by atoms with E-state index in [1.165, 1.54) is 25.1 Å². The highest BCUT2D eigenvalue weighted by molar-refractivity contribution is 5.90. The number of hydrogen-bond donors (Lipinski definition) is 1. The van der Waals surface area contributed by atoms with Gasteiger partial charge in [0.1, 0.15) is 5.75 Å². The van der Waals surface area contributed by atoms with E-state index < -0.39 is 24.3 Å². The van der Waals surface area contributed by atoms with Gasteiger partial charge in [0, 0.05) is 12.1 Å². The molecule has 1 atom stereocenters. The van der Waals surface area contributed by atoms with Gasteiger partial charge in [-0.25, -0.2) is 4.79 Å².